The Bertz CT molecular complexity index is 970. The Morgan fingerprint density at radius 2 is 2.07 bits per heavy atom. The third kappa shape index (κ3) is 3.64. The monoisotopic (exact) mass is 399 g/mol. The molecule has 11 nitrogen and oxygen atoms in total. The van der Waals surface area contributed by atoms with Crippen LogP contribution in [0.25, 0.3) is 0 Å². The van der Waals surface area contributed by atoms with Gasteiger partial charge in [-0.05, 0) is 0 Å². The molecule has 27 heavy (non-hydrogen) atoms. The van der Waals surface area contributed by atoms with Crippen LogP contribution in [0.4, 0.5) is 0 Å². The number of hydrogen-bond acceptors (Lipinski definition) is 8. The molecule has 0 radical (unpaired) electrons. The Balaban J connectivity index is 1.57. The maximum atomic E-state index is 11.5. The number of aromatic nitrogens is 2. The number of aromatic amines is 2. The van der Waals surface area contributed by atoms with Crippen molar-refractivity contribution in [3.05, 3.63) is 32.6 Å². The highest BCUT2D eigenvalue weighted by Crippen LogP contribution is 2.33. The summed E-state index contributed by atoms with van der Waals surface area (Å²) in [4.78, 5) is 27.7. The predicted octanol–water partition coefficient (Wildman–Crippen LogP) is -2.44. The molecule has 3 aliphatic rings. The molecular weight excluding hydrogens is 378 g/mol. The number of guanidine groups is 1. The minimum absolute atomic E-state index is 0.0112. The van der Waals surface area contributed by atoms with Crippen molar-refractivity contribution in [3.63, 3.8) is 0 Å². The maximum absolute atomic E-state index is 11.5. The number of nitrogens with one attached hydrogen (secondary N) is 4. The first-order valence-electron chi connectivity index (χ1n) is 8.82. The Hall–Kier alpha value is -2.18. The van der Waals surface area contributed by atoms with Gasteiger partial charge >= 0.3 is 11.6 Å². The lowest BCUT2D eigenvalue weighted by Gasteiger charge is -2.41. The van der Waals surface area contributed by atoms with Crippen LogP contribution < -0.4 is 21.9 Å². The summed E-state index contributed by atoms with van der Waals surface area (Å²) in [6.07, 6.45) is 0.828. The lowest BCUT2D eigenvalue weighted by molar-refractivity contribution is -0.620. The second kappa shape index (κ2) is 6.46. The Labute approximate surface area is 154 Å². The highest BCUT2D eigenvalue weighted by molar-refractivity contribution is 7.80. The number of nitrogens with zero attached hydrogens (tertiary/aromatic N) is 1. The Kier molecular flexibility index (Phi) is 4.35. The molecule has 1 fully saturated rings. The van der Waals surface area contributed by atoms with E-state index in [0.717, 1.165) is 5.96 Å². The van der Waals surface area contributed by atoms with Gasteiger partial charge in [0.2, 0.25) is 10.4 Å². The van der Waals surface area contributed by atoms with Gasteiger partial charge in [0.15, 0.2) is 0 Å². The van der Waals surface area contributed by atoms with Gasteiger partial charge in [-0.25, -0.2) is 13.2 Å². The van der Waals surface area contributed by atoms with Gasteiger partial charge in [-0.3, -0.25) is 29.2 Å². The van der Waals surface area contributed by atoms with Crippen LogP contribution in [0.2, 0.25) is 0 Å². The van der Waals surface area contributed by atoms with Crippen molar-refractivity contribution < 1.29 is 21.7 Å². The molecule has 0 bridgehead atoms. The van der Waals surface area contributed by atoms with Gasteiger partial charge in [0, 0.05) is 36.9 Å². The quantitative estimate of drug-likeness (QED) is 0.247. The molecule has 3 aliphatic heterocycles. The summed E-state index contributed by atoms with van der Waals surface area (Å²) in [5, 5.41) is 6.68. The first-order valence-corrected chi connectivity index (χ1v) is 10.2. The topological polar surface area (TPSA) is 159 Å². The summed E-state index contributed by atoms with van der Waals surface area (Å²) < 4.78 is 40.3. The highest BCUT2D eigenvalue weighted by atomic mass is 32.3. The second-order valence-electron chi connectivity index (χ2n) is 7.39. The van der Waals surface area contributed by atoms with E-state index in [1.807, 2.05) is 6.92 Å². The van der Waals surface area contributed by atoms with Gasteiger partial charge in [0.05, 0.1) is 24.7 Å². The molecule has 2 unspecified atom stereocenters. The zero-order valence-electron chi connectivity index (χ0n) is 14.6. The molecule has 4 heterocycles. The second-order valence-corrected chi connectivity index (χ2v) is 8.40. The van der Waals surface area contributed by atoms with Gasteiger partial charge in [-0.15, -0.1) is 0 Å². The van der Waals surface area contributed by atoms with Gasteiger partial charge < -0.3 is 9.54 Å². The summed E-state index contributed by atoms with van der Waals surface area (Å²) in [7, 11) is -4.77. The molecule has 148 valence electrons. The standard InChI is InChI=1S/C15H21N5O6S/c1-7-11-6-16-14-17-8(2-9-4-13(21)19-15(22)18-9)3-10(20(11)14)5-12(7)26-27(23,24)25/h4,7-8,10-12H,2-3,5-6H2,1H3,(H4,16,17,18,19,21,22,23,24,25)/t7-,8?,10?,11-,12+/m1/s1. The van der Waals surface area contributed by atoms with E-state index in [2.05, 4.69) is 25.2 Å². The summed E-state index contributed by atoms with van der Waals surface area (Å²) in [5.41, 5.74) is -0.496. The van der Waals surface area contributed by atoms with Crippen LogP contribution in [0.1, 0.15) is 25.5 Å². The molecule has 0 aromatic carbocycles. The fraction of sp³-hybridized carbons (Fsp3) is 0.667. The molecule has 1 aromatic rings. The Morgan fingerprint density at radius 1 is 1.30 bits per heavy atom. The summed E-state index contributed by atoms with van der Waals surface area (Å²) in [6.45, 7) is 2.50. The first kappa shape index (κ1) is 18.2. The molecule has 1 aromatic heterocycles. The zero-order chi connectivity index (χ0) is 19.3. The van der Waals surface area contributed by atoms with Crippen molar-refractivity contribution in [2.24, 2.45) is 5.92 Å². The first-order chi connectivity index (χ1) is 12.7. The average molecular weight is 399 g/mol. The van der Waals surface area contributed by atoms with Crippen LogP contribution in [0.3, 0.4) is 0 Å². The number of H-pyrrole nitrogens is 2. The lowest BCUT2D eigenvalue weighted by atomic mass is 9.83. The van der Waals surface area contributed by atoms with Crippen molar-refractivity contribution in [2.75, 3.05) is 6.54 Å². The molecule has 0 amide bonds. The van der Waals surface area contributed by atoms with Crippen molar-refractivity contribution in [2.45, 2.75) is 50.4 Å². The van der Waals surface area contributed by atoms with Crippen molar-refractivity contribution in [3.8, 4) is 0 Å². The van der Waals surface area contributed by atoms with E-state index in [1.165, 1.54) is 6.07 Å². The van der Waals surface area contributed by atoms with E-state index in [1.54, 1.807) is 0 Å². The molecule has 0 spiro atoms. The van der Waals surface area contributed by atoms with Crippen molar-refractivity contribution in [1.29, 1.82) is 0 Å². The van der Waals surface area contributed by atoms with E-state index in [9.17, 15) is 22.6 Å². The normalized spacial score (nSPS) is 32.6. The number of piperidine rings is 1. The maximum Gasteiger partial charge on any atom is 0.346 e. The zero-order valence-corrected chi connectivity index (χ0v) is 15.4. The average Bonchev–Trinajstić information content (AvgIpc) is 2.94. The fourth-order valence-corrected chi connectivity index (χ4v) is 5.07. The van der Waals surface area contributed by atoms with E-state index >= 15 is 0 Å². The van der Waals surface area contributed by atoms with E-state index in [-0.39, 0.29) is 24.0 Å². The van der Waals surface area contributed by atoms with Crippen LogP contribution in [0.15, 0.2) is 15.7 Å². The van der Waals surface area contributed by atoms with Gasteiger partial charge in [-0.2, -0.15) is 0 Å². The Morgan fingerprint density at radius 3 is 2.78 bits per heavy atom. The number of hydrogen-bond donors (Lipinski definition) is 4. The van der Waals surface area contributed by atoms with E-state index in [0.29, 0.717) is 31.5 Å². The minimum atomic E-state index is -4.77. The largest absolute Gasteiger partial charge is 0.726 e. The molecule has 0 aliphatic carbocycles. The van der Waals surface area contributed by atoms with Crippen molar-refractivity contribution >= 4 is 16.4 Å². The molecule has 4 N–H and O–H groups in total. The SMILES string of the molecule is C[C@H]1[C@@H](OS(=O)(=O)[O-])CC2CC(Cc3cc(=O)[nH]c(=O)[nH]3)NC3=[N+]2[C@@H]1CN3. The van der Waals surface area contributed by atoms with Crippen LogP contribution in [0.5, 0.6) is 0 Å². The fourth-order valence-electron chi connectivity index (χ4n) is 4.52. The molecule has 12 heteroatoms. The molecule has 1 saturated heterocycles. The van der Waals surface area contributed by atoms with Crippen LogP contribution >= 0.6 is 0 Å². The van der Waals surface area contributed by atoms with Crippen LogP contribution in [-0.2, 0) is 21.0 Å². The third-order valence-corrected chi connectivity index (χ3v) is 6.09. The summed E-state index contributed by atoms with van der Waals surface area (Å²) in [5.74, 6) is 0.723. The van der Waals surface area contributed by atoms with E-state index in [4.69, 9.17) is 4.18 Å². The van der Waals surface area contributed by atoms with Crippen molar-refractivity contribution in [1.82, 2.24) is 20.6 Å². The van der Waals surface area contributed by atoms with E-state index < -0.39 is 27.8 Å². The molecular formula is C15H21N5O6S. The van der Waals surface area contributed by atoms with Gasteiger partial charge in [-0.1, -0.05) is 6.92 Å². The van der Waals surface area contributed by atoms with Gasteiger partial charge in [0.25, 0.3) is 5.56 Å². The highest BCUT2D eigenvalue weighted by Gasteiger charge is 2.50. The van der Waals surface area contributed by atoms with Gasteiger partial charge in [0.1, 0.15) is 6.04 Å². The predicted molar refractivity (Wildman–Crippen MR) is 92.1 cm³/mol. The smallest absolute Gasteiger partial charge is 0.346 e. The number of rotatable bonds is 4. The molecule has 5 atom stereocenters. The minimum Gasteiger partial charge on any atom is -0.726 e. The molecule has 0 saturated carbocycles. The van der Waals surface area contributed by atoms with Crippen LogP contribution in [-0.4, -0.2) is 64.2 Å². The molecule has 4 rings (SSSR count). The van der Waals surface area contributed by atoms with Crippen LogP contribution in [0, 0.1) is 5.92 Å². The summed E-state index contributed by atoms with van der Waals surface area (Å²) >= 11 is 0. The third-order valence-electron chi connectivity index (χ3n) is 5.61. The summed E-state index contributed by atoms with van der Waals surface area (Å²) in [6, 6.07) is 1.30. The lowest BCUT2D eigenvalue weighted by Crippen LogP contribution is -2.59.